The number of aromatic nitrogens is 3. The van der Waals surface area contributed by atoms with Gasteiger partial charge in [-0.25, -0.2) is 0 Å². The SMILES string of the molecule is Nc1cc(Cl)ccc1-c1nc(-c2ccc(Cl)cn2)no1. The molecule has 0 bridgehead atoms. The zero-order chi connectivity index (χ0) is 14.1. The number of nitrogens with zero attached hydrogens (tertiary/aromatic N) is 3. The number of hydrogen-bond donors (Lipinski definition) is 1. The van der Waals surface area contributed by atoms with Gasteiger partial charge in [0.1, 0.15) is 5.69 Å². The molecule has 100 valence electrons. The second-order valence-corrected chi connectivity index (χ2v) is 4.89. The van der Waals surface area contributed by atoms with E-state index in [4.69, 9.17) is 33.5 Å². The number of hydrogen-bond acceptors (Lipinski definition) is 5. The van der Waals surface area contributed by atoms with E-state index < -0.39 is 0 Å². The fraction of sp³-hybridized carbons (Fsp3) is 0. The van der Waals surface area contributed by atoms with E-state index in [1.165, 1.54) is 6.20 Å². The number of rotatable bonds is 2. The Kier molecular flexibility index (Phi) is 3.30. The van der Waals surface area contributed by atoms with Crippen molar-refractivity contribution in [1.29, 1.82) is 0 Å². The van der Waals surface area contributed by atoms with Crippen molar-refractivity contribution in [3.63, 3.8) is 0 Å². The lowest BCUT2D eigenvalue weighted by atomic mass is 10.2. The monoisotopic (exact) mass is 306 g/mol. The van der Waals surface area contributed by atoms with Gasteiger partial charge < -0.3 is 10.3 Å². The van der Waals surface area contributed by atoms with Gasteiger partial charge >= 0.3 is 0 Å². The van der Waals surface area contributed by atoms with Crippen LogP contribution in [0.1, 0.15) is 0 Å². The Hall–Kier alpha value is -2.11. The molecule has 7 heteroatoms. The highest BCUT2D eigenvalue weighted by Crippen LogP contribution is 2.28. The molecular formula is C13H8Cl2N4O. The Bertz CT molecular complexity index is 755. The van der Waals surface area contributed by atoms with Gasteiger partial charge in [-0.15, -0.1) is 0 Å². The van der Waals surface area contributed by atoms with Crippen LogP contribution in [0.15, 0.2) is 41.1 Å². The summed E-state index contributed by atoms with van der Waals surface area (Å²) in [7, 11) is 0. The first-order valence-electron chi connectivity index (χ1n) is 5.64. The van der Waals surface area contributed by atoms with Crippen LogP contribution < -0.4 is 5.73 Å². The Morgan fingerprint density at radius 1 is 1.05 bits per heavy atom. The molecule has 0 fully saturated rings. The van der Waals surface area contributed by atoms with Gasteiger partial charge in [0.2, 0.25) is 5.82 Å². The maximum Gasteiger partial charge on any atom is 0.260 e. The molecule has 0 aliphatic carbocycles. The van der Waals surface area contributed by atoms with Gasteiger partial charge in [-0.1, -0.05) is 28.4 Å². The average molecular weight is 307 g/mol. The summed E-state index contributed by atoms with van der Waals surface area (Å²) in [6, 6.07) is 8.47. The summed E-state index contributed by atoms with van der Waals surface area (Å²) < 4.78 is 5.20. The van der Waals surface area contributed by atoms with E-state index >= 15 is 0 Å². The zero-order valence-corrected chi connectivity index (χ0v) is 11.6. The van der Waals surface area contributed by atoms with Crippen molar-refractivity contribution in [2.24, 2.45) is 0 Å². The van der Waals surface area contributed by atoms with Crippen LogP contribution in [0.3, 0.4) is 0 Å². The third-order valence-corrected chi connectivity index (χ3v) is 3.09. The van der Waals surface area contributed by atoms with E-state index in [-0.39, 0.29) is 0 Å². The standard InChI is InChI=1S/C13H8Cl2N4O/c14-7-1-3-9(10(16)5-7)13-18-12(19-20-13)11-4-2-8(15)6-17-11/h1-6H,16H2. The predicted octanol–water partition coefficient (Wildman–Crippen LogP) is 3.69. The minimum absolute atomic E-state index is 0.311. The van der Waals surface area contributed by atoms with Crippen molar-refractivity contribution in [2.45, 2.75) is 0 Å². The largest absolute Gasteiger partial charge is 0.398 e. The first-order valence-corrected chi connectivity index (χ1v) is 6.40. The molecule has 5 nitrogen and oxygen atoms in total. The fourth-order valence-electron chi connectivity index (χ4n) is 1.67. The number of nitrogens with two attached hydrogens (primary N) is 1. The number of anilines is 1. The van der Waals surface area contributed by atoms with Crippen LogP contribution in [-0.4, -0.2) is 15.1 Å². The summed E-state index contributed by atoms with van der Waals surface area (Å²) in [6.07, 6.45) is 1.52. The Morgan fingerprint density at radius 2 is 1.85 bits per heavy atom. The lowest BCUT2D eigenvalue weighted by Gasteiger charge is -2.00. The maximum atomic E-state index is 5.88. The lowest BCUT2D eigenvalue weighted by molar-refractivity contribution is 0.432. The van der Waals surface area contributed by atoms with Crippen LogP contribution in [0, 0.1) is 0 Å². The summed E-state index contributed by atoms with van der Waals surface area (Å²) in [4.78, 5) is 8.39. The van der Waals surface area contributed by atoms with Crippen LogP contribution in [0.5, 0.6) is 0 Å². The maximum absolute atomic E-state index is 5.88. The highest BCUT2D eigenvalue weighted by atomic mass is 35.5. The molecule has 0 aliphatic rings. The highest BCUT2D eigenvalue weighted by molar-refractivity contribution is 6.31. The molecule has 1 aromatic carbocycles. The average Bonchev–Trinajstić information content (AvgIpc) is 2.89. The molecule has 0 amide bonds. The zero-order valence-electron chi connectivity index (χ0n) is 10.0. The molecule has 0 saturated carbocycles. The topological polar surface area (TPSA) is 77.8 Å². The number of benzene rings is 1. The van der Waals surface area contributed by atoms with Crippen LogP contribution in [0.2, 0.25) is 10.0 Å². The van der Waals surface area contributed by atoms with Crippen molar-refractivity contribution in [2.75, 3.05) is 5.73 Å². The summed E-state index contributed by atoms with van der Waals surface area (Å²) in [6.45, 7) is 0. The van der Waals surface area contributed by atoms with Crippen LogP contribution in [0.4, 0.5) is 5.69 Å². The van der Waals surface area contributed by atoms with Gasteiger partial charge in [-0.3, -0.25) is 4.98 Å². The number of nitrogen functional groups attached to an aromatic ring is 1. The second kappa shape index (κ2) is 5.11. The second-order valence-electron chi connectivity index (χ2n) is 4.02. The van der Waals surface area contributed by atoms with Crippen LogP contribution in [-0.2, 0) is 0 Å². The van der Waals surface area contributed by atoms with E-state index in [0.29, 0.717) is 38.7 Å². The van der Waals surface area contributed by atoms with E-state index in [0.717, 1.165) is 0 Å². The molecule has 3 aromatic rings. The molecule has 0 spiro atoms. The van der Waals surface area contributed by atoms with Crippen molar-refractivity contribution in [3.8, 4) is 23.0 Å². The summed E-state index contributed by atoms with van der Waals surface area (Å²) in [5.41, 5.74) is 7.54. The molecule has 2 aromatic heterocycles. The van der Waals surface area contributed by atoms with Gasteiger partial charge in [0.25, 0.3) is 5.89 Å². The van der Waals surface area contributed by atoms with Crippen molar-refractivity contribution in [3.05, 3.63) is 46.6 Å². The quantitative estimate of drug-likeness (QED) is 0.731. The van der Waals surface area contributed by atoms with Gasteiger partial charge in [-0.05, 0) is 30.3 Å². The molecule has 0 unspecified atom stereocenters. The van der Waals surface area contributed by atoms with E-state index in [2.05, 4.69) is 15.1 Å². The van der Waals surface area contributed by atoms with Gasteiger partial charge in [0.05, 0.1) is 10.6 Å². The third-order valence-electron chi connectivity index (χ3n) is 2.63. The molecule has 0 aliphatic heterocycles. The molecule has 3 rings (SSSR count). The van der Waals surface area contributed by atoms with Crippen LogP contribution in [0.25, 0.3) is 23.0 Å². The minimum Gasteiger partial charge on any atom is -0.398 e. The molecule has 0 saturated heterocycles. The van der Waals surface area contributed by atoms with Crippen molar-refractivity contribution < 1.29 is 4.52 Å². The summed E-state index contributed by atoms with van der Waals surface area (Å²) in [5, 5.41) is 4.96. The molecular weight excluding hydrogens is 299 g/mol. The van der Waals surface area contributed by atoms with E-state index in [9.17, 15) is 0 Å². The minimum atomic E-state index is 0.311. The van der Waals surface area contributed by atoms with Crippen molar-refractivity contribution >= 4 is 28.9 Å². The number of halogens is 2. The first-order chi connectivity index (χ1) is 9.63. The Morgan fingerprint density at radius 3 is 2.55 bits per heavy atom. The predicted molar refractivity (Wildman–Crippen MR) is 77.4 cm³/mol. The molecule has 2 heterocycles. The molecule has 0 radical (unpaired) electrons. The number of pyridine rings is 1. The van der Waals surface area contributed by atoms with Crippen molar-refractivity contribution in [1.82, 2.24) is 15.1 Å². The molecule has 0 atom stereocenters. The Balaban J connectivity index is 1.99. The fourth-order valence-corrected chi connectivity index (χ4v) is 1.97. The Labute approximate surface area is 124 Å². The highest BCUT2D eigenvalue weighted by Gasteiger charge is 2.13. The summed E-state index contributed by atoms with van der Waals surface area (Å²) in [5.74, 6) is 0.678. The van der Waals surface area contributed by atoms with Gasteiger partial charge in [-0.2, -0.15) is 4.98 Å². The first kappa shape index (κ1) is 12.9. The van der Waals surface area contributed by atoms with E-state index in [1.54, 1.807) is 30.3 Å². The van der Waals surface area contributed by atoms with E-state index in [1.807, 2.05) is 0 Å². The van der Waals surface area contributed by atoms with Crippen LogP contribution >= 0.6 is 23.2 Å². The molecule has 2 N–H and O–H groups in total. The smallest absolute Gasteiger partial charge is 0.260 e. The lowest BCUT2D eigenvalue weighted by Crippen LogP contribution is -1.90. The van der Waals surface area contributed by atoms with Gasteiger partial charge in [0.15, 0.2) is 0 Å². The van der Waals surface area contributed by atoms with Gasteiger partial charge in [0, 0.05) is 16.9 Å². The third kappa shape index (κ3) is 2.45. The summed E-state index contributed by atoms with van der Waals surface area (Å²) >= 11 is 11.6. The normalized spacial score (nSPS) is 10.7. The molecule has 20 heavy (non-hydrogen) atoms.